The molecule has 0 aromatic heterocycles. The van der Waals surface area contributed by atoms with Gasteiger partial charge in [-0.15, -0.1) is 0 Å². The highest BCUT2D eigenvalue weighted by molar-refractivity contribution is 6.01. The first kappa shape index (κ1) is 26.0. The van der Waals surface area contributed by atoms with Crippen molar-refractivity contribution in [3.05, 3.63) is 48.1 Å². The molecule has 7 atom stereocenters. The Hall–Kier alpha value is -2.64. The molecule has 0 aliphatic heterocycles. The molecule has 0 saturated heterocycles. The third kappa shape index (κ3) is 4.20. The monoisotopic (exact) mass is 509 g/mol. The second-order valence-electron chi connectivity index (χ2n) is 11.7. The van der Waals surface area contributed by atoms with Crippen LogP contribution in [0.4, 0.5) is 0 Å². The zero-order valence-electron chi connectivity index (χ0n) is 22.0. The van der Waals surface area contributed by atoms with Gasteiger partial charge < -0.3 is 25.0 Å². The number of amides is 1. The van der Waals surface area contributed by atoms with Crippen LogP contribution in [0.3, 0.4) is 0 Å². The Labute approximate surface area is 218 Å². The number of hydrogen-bond acceptors (Lipinski definition) is 6. The molecule has 5 rings (SSSR count). The highest BCUT2D eigenvalue weighted by Crippen LogP contribution is 2.66. The SMILES string of the molecule is COc1cccc(OCCCNC(=O)[C@@]2(O)CC[C@H]3[C@@H]4CCC5=CC(=O)C=C[C@]5(C)[C@H]4[C@@H](O)C[C@@]32C)c1. The first-order chi connectivity index (χ1) is 17.6. The number of aliphatic hydroxyl groups excluding tert-OH is 1. The molecule has 7 nitrogen and oxygen atoms in total. The summed E-state index contributed by atoms with van der Waals surface area (Å²) in [6, 6.07) is 7.38. The van der Waals surface area contributed by atoms with E-state index in [4.69, 9.17) is 9.47 Å². The summed E-state index contributed by atoms with van der Waals surface area (Å²) in [5.74, 6) is 1.40. The van der Waals surface area contributed by atoms with Crippen LogP contribution in [0.2, 0.25) is 0 Å². The summed E-state index contributed by atoms with van der Waals surface area (Å²) in [4.78, 5) is 25.4. The number of ether oxygens (including phenoxy) is 2. The molecule has 7 heteroatoms. The van der Waals surface area contributed by atoms with Crippen LogP contribution in [-0.4, -0.2) is 53.9 Å². The molecule has 3 saturated carbocycles. The summed E-state index contributed by atoms with van der Waals surface area (Å²) < 4.78 is 11.0. The van der Waals surface area contributed by atoms with Crippen molar-refractivity contribution in [2.24, 2.45) is 28.6 Å². The van der Waals surface area contributed by atoms with Crippen molar-refractivity contribution < 1.29 is 29.3 Å². The van der Waals surface area contributed by atoms with Gasteiger partial charge in [-0.25, -0.2) is 0 Å². The molecule has 1 amide bonds. The van der Waals surface area contributed by atoms with Gasteiger partial charge in [0.2, 0.25) is 0 Å². The number of carbonyl (C=O) groups excluding carboxylic acids is 2. The van der Waals surface area contributed by atoms with Crippen LogP contribution in [0.1, 0.15) is 52.4 Å². The number of carbonyl (C=O) groups is 2. The summed E-state index contributed by atoms with van der Waals surface area (Å²) in [5.41, 5.74) is -1.48. The van der Waals surface area contributed by atoms with Crippen molar-refractivity contribution in [2.45, 2.75) is 64.1 Å². The van der Waals surface area contributed by atoms with E-state index in [1.807, 2.05) is 37.3 Å². The Morgan fingerprint density at radius 3 is 2.78 bits per heavy atom. The van der Waals surface area contributed by atoms with Crippen LogP contribution in [-0.2, 0) is 9.59 Å². The Kier molecular flexibility index (Phi) is 6.73. The number of aliphatic hydroxyl groups is 2. The molecule has 4 aliphatic carbocycles. The van der Waals surface area contributed by atoms with Crippen LogP contribution < -0.4 is 14.8 Å². The Bertz CT molecular complexity index is 1130. The van der Waals surface area contributed by atoms with Crippen LogP contribution in [0, 0.1) is 28.6 Å². The van der Waals surface area contributed by atoms with Gasteiger partial charge in [0.25, 0.3) is 5.91 Å². The smallest absolute Gasteiger partial charge is 0.252 e. The number of hydrogen-bond donors (Lipinski definition) is 3. The number of allylic oxidation sites excluding steroid dienone is 4. The predicted molar refractivity (Wildman–Crippen MR) is 139 cm³/mol. The third-order valence-electron chi connectivity index (χ3n) is 9.94. The van der Waals surface area contributed by atoms with E-state index in [0.29, 0.717) is 38.2 Å². The van der Waals surface area contributed by atoms with Crippen LogP contribution in [0.5, 0.6) is 11.5 Å². The number of benzene rings is 1. The summed E-state index contributed by atoms with van der Waals surface area (Å²) in [6.45, 7) is 4.94. The van der Waals surface area contributed by atoms with E-state index in [1.54, 1.807) is 19.3 Å². The number of fused-ring (bicyclic) bond motifs is 5. The Balaban J connectivity index is 1.23. The van der Waals surface area contributed by atoms with Crippen LogP contribution in [0.25, 0.3) is 0 Å². The molecule has 0 unspecified atom stereocenters. The average Bonchev–Trinajstić information content (AvgIpc) is 3.15. The van der Waals surface area contributed by atoms with E-state index in [-0.39, 0.29) is 34.9 Å². The van der Waals surface area contributed by atoms with E-state index >= 15 is 0 Å². The molecule has 0 radical (unpaired) electrons. The molecule has 0 bridgehead atoms. The third-order valence-corrected chi connectivity index (χ3v) is 9.94. The van der Waals surface area contributed by atoms with Gasteiger partial charge in [0, 0.05) is 29.4 Å². The summed E-state index contributed by atoms with van der Waals surface area (Å²) in [6.07, 6.45) is 8.48. The van der Waals surface area contributed by atoms with Gasteiger partial charge in [0.1, 0.15) is 17.1 Å². The first-order valence-corrected chi connectivity index (χ1v) is 13.5. The molecular weight excluding hydrogens is 470 g/mol. The van der Waals surface area contributed by atoms with E-state index in [0.717, 1.165) is 30.6 Å². The van der Waals surface area contributed by atoms with Gasteiger partial charge >= 0.3 is 0 Å². The number of ketones is 1. The van der Waals surface area contributed by atoms with Crippen LogP contribution >= 0.6 is 0 Å². The first-order valence-electron chi connectivity index (χ1n) is 13.5. The van der Waals surface area contributed by atoms with Crippen LogP contribution in [0.15, 0.2) is 48.1 Å². The topological polar surface area (TPSA) is 105 Å². The Morgan fingerprint density at radius 2 is 2.00 bits per heavy atom. The maximum Gasteiger partial charge on any atom is 0.252 e. The lowest BCUT2D eigenvalue weighted by Gasteiger charge is -2.59. The highest BCUT2D eigenvalue weighted by atomic mass is 16.5. The molecular formula is C30H39NO6. The highest BCUT2D eigenvalue weighted by Gasteiger charge is 2.68. The van der Waals surface area contributed by atoms with Crippen molar-refractivity contribution in [3.63, 3.8) is 0 Å². The summed E-state index contributed by atoms with van der Waals surface area (Å²) in [7, 11) is 1.61. The minimum atomic E-state index is -1.52. The molecule has 1 aromatic carbocycles. The largest absolute Gasteiger partial charge is 0.497 e. The molecule has 0 heterocycles. The molecule has 3 fully saturated rings. The molecule has 200 valence electrons. The second-order valence-corrected chi connectivity index (χ2v) is 11.7. The lowest BCUT2D eigenvalue weighted by molar-refractivity contribution is -0.178. The zero-order chi connectivity index (χ0) is 26.4. The fourth-order valence-electron chi connectivity index (χ4n) is 8.00. The number of methoxy groups -OCH3 is 1. The number of nitrogens with one attached hydrogen (secondary N) is 1. The van der Waals surface area contributed by atoms with Gasteiger partial charge in [0.05, 0.1) is 19.8 Å². The quantitative estimate of drug-likeness (QED) is 0.485. The van der Waals surface area contributed by atoms with E-state index in [9.17, 15) is 19.8 Å². The van der Waals surface area contributed by atoms with Crippen molar-refractivity contribution in [3.8, 4) is 11.5 Å². The van der Waals surface area contributed by atoms with E-state index in [2.05, 4.69) is 12.2 Å². The van der Waals surface area contributed by atoms with Gasteiger partial charge in [-0.1, -0.05) is 31.6 Å². The fourth-order valence-corrected chi connectivity index (χ4v) is 8.00. The second kappa shape index (κ2) is 9.59. The predicted octanol–water partition coefficient (Wildman–Crippen LogP) is 3.59. The molecule has 0 spiro atoms. The minimum absolute atomic E-state index is 0.0156. The maximum absolute atomic E-state index is 13.4. The Morgan fingerprint density at radius 1 is 1.22 bits per heavy atom. The van der Waals surface area contributed by atoms with Crippen molar-refractivity contribution >= 4 is 11.7 Å². The van der Waals surface area contributed by atoms with Gasteiger partial charge in [-0.3, -0.25) is 9.59 Å². The summed E-state index contributed by atoms with van der Waals surface area (Å²) >= 11 is 0. The number of rotatable bonds is 7. The molecule has 1 aromatic rings. The zero-order valence-corrected chi connectivity index (χ0v) is 22.0. The average molecular weight is 510 g/mol. The lowest BCUT2D eigenvalue weighted by atomic mass is 9.46. The summed E-state index contributed by atoms with van der Waals surface area (Å²) in [5, 5.41) is 26.2. The standard InChI is InChI=1S/C30H39NO6/c1-28-12-10-20(32)16-19(28)8-9-23-24-11-13-30(35,29(24,2)18-25(33)26(23)28)27(34)31-14-5-15-37-22-7-4-6-21(17-22)36-3/h4,6-7,10,12,16-17,23-26,33,35H,5,8-9,11,13-15,18H2,1-3H3,(H,31,34)/t23-,24-,25-,26+,28-,29-,30-/m0/s1. The van der Waals surface area contributed by atoms with E-state index < -0.39 is 17.1 Å². The van der Waals surface area contributed by atoms with Gasteiger partial charge in [-0.2, -0.15) is 0 Å². The molecule has 4 aliphatic rings. The van der Waals surface area contributed by atoms with E-state index in [1.165, 1.54) is 0 Å². The molecule has 3 N–H and O–H groups in total. The van der Waals surface area contributed by atoms with Crippen molar-refractivity contribution in [1.82, 2.24) is 5.32 Å². The normalized spacial score (nSPS) is 38.2. The van der Waals surface area contributed by atoms with Crippen molar-refractivity contribution in [1.29, 1.82) is 0 Å². The van der Waals surface area contributed by atoms with Crippen molar-refractivity contribution in [2.75, 3.05) is 20.3 Å². The molecule has 37 heavy (non-hydrogen) atoms. The fraction of sp³-hybridized carbons (Fsp3) is 0.600. The minimum Gasteiger partial charge on any atom is -0.497 e. The van der Waals surface area contributed by atoms with Gasteiger partial charge in [-0.05, 0) is 74.6 Å². The van der Waals surface area contributed by atoms with Gasteiger partial charge in [0.15, 0.2) is 5.78 Å². The maximum atomic E-state index is 13.4. The lowest BCUT2D eigenvalue weighted by Crippen LogP contribution is -2.63.